The highest BCUT2D eigenvalue weighted by Crippen LogP contribution is 2.54. The van der Waals surface area contributed by atoms with Crippen LogP contribution in [-0.4, -0.2) is 0 Å². The predicted octanol–water partition coefficient (Wildman–Crippen LogP) is 8.49. The van der Waals surface area contributed by atoms with Gasteiger partial charge in [-0.1, -0.05) is 88.4 Å². The maximum absolute atomic E-state index is 6.15. The van der Waals surface area contributed by atoms with Crippen molar-refractivity contribution >= 4 is 21.9 Å². The topological polar surface area (TPSA) is 13.1 Å². The Morgan fingerprint density at radius 3 is 2.00 bits per heavy atom. The fourth-order valence-corrected chi connectivity index (χ4v) is 5.32. The molecule has 0 N–H and O–H groups in total. The summed E-state index contributed by atoms with van der Waals surface area (Å²) in [5, 5.41) is 2.35. The first-order valence-corrected chi connectivity index (χ1v) is 11.0. The normalized spacial score (nSPS) is 16.3. The SMILES string of the molecule is CC1(C)c2ccccc2-c2ccc(-c3ccc4c(c3)oc3ccccc34)cc2C1(C)C. The van der Waals surface area contributed by atoms with Gasteiger partial charge in [0.1, 0.15) is 11.2 Å². The van der Waals surface area contributed by atoms with E-state index in [1.165, 1.54) is 44.2 Å². The largest absolute Gasteiger partial charge is 0.456 e. The molecule has 6 rings (SSSR count). The van der Waals surface area contributed by atoms with Crippen LogP contribution in [0.3, 0.4) is 0 Å². The second-order valence-electron chi connectivity index (χ2n) is 9.87. The number of benzene rings is 4. The van der Waals surface area contributed by atoms with Crippen molar-refractivity contribution in [1.82, 2.24) is 0 Å². The molecule has 0 unspecified atom stereocenters. The summed E-state index contributed by atoms with van der Waals surface area (Å²) < 4.78 is 6.15. The molecule has 0 amide bonds. The van der Waals surface area contributed by atoms with Gasteiger partial charge in [0, 0.05) is 10.8 Å². The predicted molar refractivity (Wildman–Crippen MR) is 131 cm³/mol. The Labute approximate surface area is 183 Å². The van der Waals surface area contributed by atoms with E-state index in [4.69, 9.17) is 4.42 Å². The van der Waals surface area contributed by atoms with Crippen molar-refractivity contribution in [2.24, 2.45) is 0 Å². The third kappa shape index (κ3) is 2.44. The van der Waals surface area contributed by atoms with Crippen LogP contribution in [0.5, 0.6) is 0 Å². The molecule has 0 radical (unpaired) electrons. The molecule has 0 aliphatic heterocycles. The molecule has 31 heavy (non-hydrogen) atoms. The molecule has 1 aliphatic carbocycles. The van der Waals surface area contributed by atoms with Crippen molar-refractivity contribution in [2.75, 3.05) is 0 Å². The van der Waals surface area contributed by atoms with Crippen molar-refractivity contribution in [3.63, 3.8) is 0 Å². The lowest BCUT2D eigenvalue weighted by Gasteiger charge is -2.48. The first kappa shape index (κ1) is 18.4. The van der Waals surface area contributed by atoms with E-state index in [-0.39, 0.29) is 10.8 Å². The van der Waals surface area contributed by atoms with Crippen LogP contribution in [0.15, 0.2) is 89.3 Å². The van der Waals surface area contributed by atoms with Gasteiger partial charge in [0.15, 0.2) is 0 Å². The van der Waals surface area contributed by atoms with Gasteiger partial charge < -0.3 is 4.42 Å². The van der Waals surface area contributed by atoms with Crippen molar-refractivity contribution < 1.29 is 4.42 Å². The molecule has 0 bridgehead atoms. The van der Waals surface area contributed by atoms with Crippen molar-refractivity contribution in [1.29, 1.82) is 0 Å². The molecule has 0 fully saturated rings. The number of hydrogen-bond acceptors (Lipinski definition) is 1. The molecule has 0 saturated heterocycles. The lowest BCUT2D eigenvalue weighted by atomic mass is 9.55. The molecule has 152 valence electrons. The number of fused-ring (bicyclic) bond motifs is 6. The number of furan rings is 1. The van der Waals surface area contributed by atoms with Crippen LogP contribution in [-0.2, 0) is 10.8 Å². The van der Waals surface area contributed by atoms with E-state index in [1.807, 2.05) is 12.1 Å². The number of rotatable bonds is 1. The van der Waals surface area contributed by atoms with E-state index >= 15 is 0 Å². The Balaban J connectivity index is 1.56. The van der Waals surface area contributed by atoms with Gasteiger partial charge >= 0.3 is 0 Å². The zero-order valence-corrected chi connectivity index (χ0v) is 18.5. The smallest absolute Gasteiger partial charge is 0.136 e. The third-order valence-corrected chi connectivity index (χ3v) is 7.86. The highest BCUT2D eigenvalue weighted by Gasteiger charge is 2.45. The van der Waals surface area contributed by atoms with Gasteiger partial charge in [-0.25, -0.2) is 0 Å². The van der Waals surface area contributed by atoms with E-state index in [0.717, 1.165) is 11.2 Å². The van der Waals surface area contributed by atoms with Crippen molar-refractivity contribution in [3.05, 3.63) is 96.1 Å². The molecule has 1 aromatic heterocycles. The minimum Gasteiger partial charge on any atom is -0.456 e. The number of hydrogen-bond donors (Lipinski definition) is 0. The van der Waals surface area contributed by atoms with Crippen molar-refractivity contribution in [3.8, 4) is 22.3 Å². The zero-order valence-electron chi connectivity index (χ0n) is 18.5. The molecule has 1 heterocycles. The highest BCUT2D eigenvalue weighted by atomic mass is 16.3. The molecule has 1 aliphatic rings. The maximum atomic E-state index is 6.15. The molecule has 1 heteroatoms. The molecular weight excluding hydrogens is 376 g/mol. The Kier molecular flexibility index (Phi) is 3.63. The summed E-state index contributed by atoms with van der Waals surface area (Å²) >= 11 is 0. The summed E-state index contributed by atoms with van der Waals surface area (Å²) in [5.41, 5.74) is 9.94. The Bertz CT molecular complexity index is 1480. The summed E-state index contributed by atoms with van der Waals surface area (Å²) in [4.78, 5) is 0. The van der Waals surface area contributed by atoms with Gasteiger partial charge in [-0.2, -0.15) is 0 Å². The van der Waals surface area contributed by atoms with E-state index in [0.29, 0.717) is 0 Å². The standard InChI is InChI=1S/C30H26O/c1-29(2)25-11-7-5-9-21(25)22-15-13-19(17-26(22)30(29,3)4)20-14-16-24-23-10-6-8-12-27(23)31-28(24)18-20/h5-18H,1-4H3. The third-order valence-electron chi connectivity index (χ3n) is 7.86. The fraction of sp³-hybridized carbons (Fsp3) is 0.200. The van der Waals surface area contributed by atoms with Crippen molar-refractivity contribution in [2.45, 2.75) is 38.5 Å². The van der Waals surface area contributed by atoms with Crippen LogP contribution in [0.1, 0.15) is 38.8 Å². The Hall–Kier alpha value is -3.32. The van der Waals surface area contributed by atoms with E-state index in [2.05, 4.69) is 100 Å². The van der Waals surface area contributed by atoms with Gasteiger partial charge in [0.2, 0.25) is 0 Å². The second kappa shape index (κ2) is 6.11. The molecule has 4 aromatic carbocycles. The first-order chi connectivity index (χ1) is 14.9. The van der Waals surface area contributed by atoms with Gasteiger partial charge in [0.05, 0.1) is 0 Å². The zero-order chi connectivity index (χ0) is 21.4. The molecule has 5 aromatic rings. The minimum absolute atomic E-state index is 0.0101. The van der Waals surface area contributed by atoms with Gasteiger partial charge in [-0.15, -0.1) is 0 Å². The van der Waals surface area contributed by atoms with E-state index < -0.39 is 0 Å². The Morgan fingerprint density at radius 2 is 1.13 bits per heavy atom. The fourth-order valence-electron chi connectivity index (χ4n) is 5.32. The van der Waals surface area contributed by atoms with Crippen LogP contribution in [0.25, 0.3) is 44.2 Å². The summed E-state index contributed by atoms with van der Waals surface area (Å²) in [5.74, 6) is 0. The van der Waals surface area contributed by atoms with Gasteiger partial charge in [-0.3, -0.25) is 0 Å². The summed E-state index contributed by atoms with van der Waals surface area (Å²) in [7, 11) is 0. The average molecular weight is 403 g/mol. The summed E-state index contributed by atoms with van der Waals surface area (Å²) in [6.45, 7) is 9.52. The lowest BCUT2D eigenvalue weighted by Crippen LogP contribution is -2.43. The van der Waals surface area contributed by atoms with E-state index in [1.54, 1.807) is 0 Å². The molecular formula is C30H26O. The molecule has 0 saturated carbocycles. The van der Waals surface area contributed by atoms with E-state index in [9.17, 15) is 0 Å². The average Bonchev–Trinajstić information content (AvgIpc) is 3.15. The monoisotopic (exact) mass is 402 g/mol. The second-order valence-corrected chi connectivity index (χ2v) is 9.87. The summed E-state index contributed by atoms with van der Waals surface area (Å²) in [6.07, 6.45) is 0. The van der Waals surface area contributed by atoms with Crippen LogP contribution < -0.4 is 0 Å². The van der Waals surface area contributed by atoms with Crippen LogP contribution in [0, 0.1) is 0 Å². The minimum atomic E-state index is 0.0101. The molecule has 1 nitrogen and oxygen atoms in total. The molecule has 0 atom stereocenters. The quantitative estimate of drug-likeness (QED) is 0.274. The first-order valence-electron chi connectivity index (χ1n) is 11.0. The molecule has 0 spiro atoms. The maximum Gasteiger partial charge on any atom is 0.136 e. The highest BCUT2D eigenvalue weighted by molar-refractivity contribution is 6.05. The van der Waals surface area contributed by atoms with Crippen LogP contribution in [0.4, 0.5) is 0 Å². The van der Waals surface area contributed by atoms with Crippen LogP contribution >= 0.6 is 0 Å². The number of para-hydroxylation sites is 1. The van der Waals surface area contributed by atoms with Gasteiger partial charge in [0.25, 0.3) is 0 Å². The van der Waals surface area contributed by atoms with Crippen LogP contribution in [0.2, 0.25) is 0 Å². The summed E-state index contributed by atoms with van der Waals surface area (Å²) in [6, 6.07) is 30.7. The Morgan fingerprint density at radius 1 is 0.516 bits per heavy atom. The lowest BCUT2D eigenvalue weighted by molar-refractivity contribution is 0.299. The van der Waals surface area contributed by atoms with Gasteiger partial charge in [-0.05, 0) is 68.5 Å².